The quantitative estimate of drug-likeness (QED) is 0.368. The number of ether oxygens (including phenoxy) is 1. The van der Waals surface area contributed by atoms with Crippen molar-refractivity contribution in [3.8, 4) is 5.75 Å². The lowest BCUT2D eigenvalue weighted by Gasteiger charge is -2.25. The van der Waals surface area contributed by atoms with Crippen LogP contribution in [0.15, 0.2) is 51.4 Å². The monoisotopic (exact) mass is 498 g/mol. The number of carbonyl (C=O) groups excluding carboxylic acids is 2. The number of nitrogens with zero attached hydrogens (tertiary/aromatic N) is 2. The van der Waals surface area contributed by atoms with Crippen LogP contribution < -0.4 is 26.6 Å². The molecule has 0 aliphatic carbocycles. The molecule has 35 heavy (non-hydrogen) atoms. The van der Waals surface area contributed by atoms with Gasteiger partial charge in [0.15, 0.2) is 11.5 Å². The molecule has 9 nitrogen and oxygen atoms in total. The van der Waals surface area contributed by atoms with E-state index in [9.17, 15) is 19.2 Å². The molecule has 0 saturated heterocycles. The molecule has 0 saturated carbocycles. The number of thiophene rings is 1. The van der Waals surface area contributed by atoms with Crippen molar-refractivity contribution in [3.05, 3.63) is 73.1 Å². The number of aromatic amines is 1. The normalized spacial score (nSPS) is 10.8. The highest BCUT2D eigenvalue weighted by molar-refractivity contribution is 7.12. The van der Waals surface area contributed by atoms with E-state index < -0.39 is 11.2 Å². The van der Waals surface area contributed by atoms with Gasteiger partial charge in [0.25, 0.3) is 5.56 Å². The molecule has 0 fully saturated rings. The fourth-order valence-corrected chi connectivity index (χ4v) is 4.46. The SMILES string of the molecule is CCCCn1c(N)c(N(Cc2ccccc2OC)C(=O)CCCC(=O)c2cccs2)c(=O)[nH]c1=O. The van der Waals surface area contributed by atoms with E-state index in [4.69, 9.17) is 10.5 Å². The van der Waals surface area contributed by atoms with Crippen molar-refractivity contribution in [1.29, 1.82) is 0 Å². The van der Waals surface area contributed by atoms with Crippen LogP contribution >= 0.6 is 11.3 Å². The van der Waals surface area contributed by atoms with Crippen LogP contribution in [0.5, 0.6) is 5.75 Å². The average Bonchev–Trinajstić information content (AvgIpc) is 3.38. The number of hydrogen-bond donors (Lipinski definition) is 2. The second-order valence-corrected chi connectivity index (χ2v) is 8.99. The summed E-state index contributed by atoms with van der Waals surface area (Å²) in [5.41, 5.74) is 5.53. The van der Waals surface area contributed by atoms with Gasteiger partial charge in [-0.1, -0.05) is 37.6 Å². The smallest absolute Gasteiger partial charge is 0.330 e. The Morgan fingerprint density at radius 2 is 1.89 bits per heavy atom. The summed E-state index contributed by atoms with van der Waals surface area (Å²) in [4.78, 5) is 55.3. The lowest BCUT2D eigenvalue weighted by atomic mass is 10.1. The van der Waals surface area contributed by atoms with Gasteiger partial charge in [0.05, 0.1) is 18.5 Å². The number of para-hydroxylation sites is 1. The van der Waals surface area contributed by atoms with Gasteiger partial charge in [-0.05, 0) is 30.4 Å². The molecule has 0 bridgehead atoms. The first-order valence-electron chi connectivity index (χ1n) is 11.5. The Morgan fingerprint density at radius 1 is 1.11 bits per heavy atom. The zero-order chi connectivity index (χ0) is 25.4. The van der Waals surface area contributed by atoms with Crippen LogP contribution in [0.1, 0.15) is 54.3 Å². The average molecular weight is 499 g/mol. The zero-order valence-electron chi connectivity index (χ0n) is 19.9. The van der Waals surface area contributed by atoms with E-state index in [0.29, 0.717) is 35.6 Å². The van der Waals surface area contributed by atoms with Crippen molar-refractivity contribution in [2.75, 3.05) is 17.7 Å². The number of aromatic nitrogens is 2. The van der Waals surface area contributed by atoms with E-state index in [2.05, 4.69) is 4.98 Å². The van der Waals surface area contributed by atoms with Crippen molar-refractivity contribution in [3.63, 3.8) is 0 Å². The second-order valence-electron chi connectivity index (χ2n) is 8.04. The molecule has 186 valence electrons. The second kappa shape index (κ2) is 12.2. The van der Waals surface area contributed by atoms with E-state index in [1.165, 1.54) is 27.9 Å². The summed E-state index contributed by atoms with van der Waals surface area (Å²) in [5.74, 6) is 0.0694. The van der Waals surface area contributed by atoms with Crippen LogP contribution in [-0.4, -0.2) is 28.4 Å². The Labute approximate surface area is 207 Å². The van der Waals surface area contributed by atoms with E-state index >= 15 is 0 Å². The van der Waals surface area contributed by atoms with Crippen LogP contribution in [0.25, 0.3) is 0 Å². The largest absolute Gasteiger partial charge is 0.496 e. The summed E-state index contributed by atoms with van der Waals surface area (Å²) in [7, 11) is 1.52. The standard InChI is InChI=1S/C25H30N4O5S/c1-3-4-14-28-23(26)22(24(32)27-25(28)33)29(16-17-9-5-6-11-19(17)34-2)21(31)13-7-10-18(30)20-12-8-15-35-20/h5-6,8-9,11-12,15H,3-4,7,10,13-14,16,26H2,1-2H3,(H,27,32,33). The predicted molar refractivity (Wildman–Crippen MR) is 137 cm³/mol. The topological polar surface area (TPSA) is 127 Å². The molecule has 0 aliphatic rings. The highest BCUT2D eigenvalue weighted by atomic mass is 32.1. The maximum Gasteiger partial charge on any atom is 0.330 e. The zero-order valence-corrected chi connectivity index (χ0v) is 20.7. The first-order valence-corrected chi connectivity index (χ1v) is 12.4. The molecule has 3 N–H and O–H groups in total. The number of methoxy groups -OCH3 is 1. The molecule has 3 aromatic rings. The summed E-state index contributed by atoms with van der Waals surface area (Å²) < 4.78 is 6.70. The van der Waals surface area contributed by atoms with Crippen LogP contribution in [0.3, 0.4) is 0 Å². The van der Waals surface area contributed by atoms with E-state index in [-0.39, 0.29) is 42.6 Å². The molecule has 0 unspecified atom stereocenters. The fourth-order valence-electron chi connectivity index (χ4n) is 3.77. The van der Waals surface area contributed by atoms with Crippen LogP contribution in [-0.2, 0) is 17.9 Å². The third-order valence-corrected chi connectivity index (χ3v) is 6.54. The van der Waals surface area contributed by atoms with Gasteiger partial charge in [-0.3, -0.25) is 28.8 Å². The summed E-state index contributed by atoms with van der Waals surface area (Å²) in [6, 6.07) is 10.7. The number of H-pyrrole nitrogens is 1. The number of benzene rings is 1. The van der Waals surface area contributed by atoms with Crippen LogP contribution in [0.4, 0.5) is 11.5 Å². The number of nitrogens with two attached hydrogens (primary N) is 1. The number of rotatable bonds is 12. The number of nitrogen functional groups attached to an aromatic ring is 1. The molecule has 0 aliphatic heterocycles. The Balaban J connectivity index is 1.94. The highest BCUT2D eigenvalue weighted by Gasteiger charge is 2.25. The number of nitrogens with one attached hydrogen (secondary N) is 1. The van der Waals surface area contributed by atoms with Crippen molar-refractivity contribution < 1.29 is 14.3 Å². The fraction of sp³-hybridized carbons (Fsp3) is 0.360. The number of unbranched alkanes of at least 4 members (excludes halogenated alkanes) is 1. The molecule has 10 heteroatoms. The molecule has 2 aromatic heterocycles. The lowest BCUT2D eigenvalue weighted by Crippen LogP contribution is -2.41. The van der Waals surface area contributed by atoms with Crippen molar-refractivity contribution in [2.45, 2.75) is 52.1 Å². The van der Waals surface area contributed by atoms with Gasteiger partial charge < -0.3 is 10.5 Å². The molecule has 0 radical (unpaired) electrons. The first kappa shape index (κ1) is 26.0. The molecule has 3 rings (SSSR count). The van der Waals surface area contributed by atoms with Gasteiger partial charge >= 0.3 is 5.69 Å². The van der Waals surface area contributed by atoms with E-state index in [1.807, 2.05) is 12.3 Å². The van der Waals surface area contributed by atoms with Gasteiger partial charge in [0, 0.05) is 24.9 Å². The van der Waals surface area contributed by atoms with Crippen LogP contribution in [0.2, 0.25) is 0 Å². The Bertz CT molecular complexity index is 1280. The van der Waals surface area contributed by atoms with Gasteiger partial charge in [-0.25, -0.2) is 4.79 Å². The van der Waals surface area contributed by atoms with E-state index in [1.54, 1.807) is 36.4 Å². The summed E-state index contributed by atoms with van der Waals surface area (Å²) >= 11 is 1.36. The Hall–Kier alpha value is -3.66. The first-order chi connectivity index (χ1) is 16.9. The van der Waals surface area contributed by atoms with Gasteiger partial charge in [-0.15, -0.1) is 11.3 Å². The number of hydrogen-bond acceptors (Lipinski definition) is 7. The summed E-state index contributed by atoms with van der Waals surface area (Å²) in [6.07, 6.45) is 2.05. The van der Waals surface area contributed by atoms with Crippen molar-refractivity contribution >= 4 is 34.5 Å². The third kappa shape index (κ3) is 6.27. The minimum Gasteiger partial charge on any atom is -0.496 e. The molecule has 1 amide bonds. The predicted octanol–water partition coefficient (Wildman–Crippen LogP) is 3.58. The highest BCUT2D eigenvalue weighted by Crippen LogP contribution is 2.26. The molecule has 2 heterocycles. The third-order valence-electron chi connectivity index (χ3n) is 5.63. The number of ketones is 1. The summed E-state index contributed by atoms with van der Waals surface area (Å²) in [5, 5.41) is 1.83. The minimum absolute atomic E-state index is 0.0149. The van der Waals surface area contributed by atoms with Crippen molar-refractivity contribution in [1.82, 2.24) is 9.55 Å². The Kier molecular flexibility index (Phi) is 9.02. The number of amides is 1. The number of anilines is 2. The molecular formula is C25H30N4O5S. The van der Waals surface area contributed by atoms with Gasteiger partial charge in [0.1, 0.15) is 11.6 Å². The van der Waals surface area contributed by atoms with E-state index in [0.717, 1.165) is 6.42 Å². The molecular weight excluding hydrogens is 468 g/mol. The molecule has 0 spiro atoms. The Morgan fingerprint density at radius 3 is 2.57 bits per heavy atom. The molecule has 1 aromatic carbocycles. The van der Waals surface area contributed by atoms with Crippen molar-refractivity contribution in [2.24, 2.45) is 0 Å². The molecule has 0 atom stereocenters. The number of Topliss-reactive ketones (excluding diaryl/α,β-unsaturated/α-hetero) is 1. The maximum absolute atomic E-state index is 13.4. The summed E-state index contributed by atoms with van der Waals surface area (Å²) in [6.45, 7) is 2.31. The number of carbonyl (C=O) groups is 2. The van der Waals surface area contributed by atoms with Crippen LogP contribution in [0, 0.1) is 0 Å². The maximum atomic E-state index is 13.4. The minimum atomic E-state index is -0.738. The lowest BCUT2D eigenvalue weighted by molar-refractivity contribution is -0.118. The van der Waals surface area contributed by atoms with Gasteiger partial charge in [0.2, 0.25) is 5.91 Å². The van der Waals surface area contributed by atoms with Gasteiger partial charge in [-0.2, -0.15) is 0 Å².